The number of fused-ring (bicyclic) bond motifs is 3. The van der Waals surface area contributed by atoms with Crippen LogP contribution in [-0.4, -0.2) is 22.8 Å². The van der Waals surface area contributed by atoms with Crippen molar-refractivity contribution in [2.24, 2.45) is 16.2 Å². The van der Waals surface area contributed by atoms with Crippen LogP contribution in [0.1, 0.15) is 73.1 Å². The molecule has 0 aromatic heterocycles. The highest BCUT2D eigenvalue weighted by Gasteiger charge is 2.57. The minimum atomic E-state index is -0.814. The largest absolute Gasteiger partial charge is 0.385 e. The number of rotatable bonds is 2. The molecule has 1 saturated carbocycles. The van der Waals surface area contributed by atoms with Gasteiger partial charge in [-0.15, -0.1) is 0 Å². The van der Waals surface area contributed by atoms with Crippen molar-refractivity contribution in [3.8, 4) is 0 Å². The summed E-state index contributed by atoms with van der Waals surface area (Å²) in [5.74, 6) is 0. The van der Waals surface area contributed by atoms with Gasteiger partial charge in [0.25, 0.3) is 0 Å². The molecule has 1 aromatic carbocycles. The second-order valence-electron chi connectivity index (χ2n) is 11.8. The van der Waals surface area contributed by atoms with Crippen molar-refractivity contribution in [2.75, 3.05) is 5.32 Å². The minimum absolute atomic E-state index is 0.101. The molecule has 3 unspecified atom stereocenters. The normalized spacial score (nSPS) is 34.9. The van der Waals surface area contributed by atoms with Crippen LogP contribution in [0.25, 0.3) is 0 Å². The molecule has 29 heavy (non-hydrogen) atoms. The van der Waals surface area contributed by atoms with E-state index in [0.717, 1.165) is 49.8 Å². The van der Waals surface area contributed by atoms with Gasteiger partial charge >= 0.3 is 6.03 Å². The van der Waals surface area contributed by atoms with Gasteiger partial charge in [0.15, 0.2) is 0 Å². The fraction of sp³-hybridized carbons (Fsp3) is 0.640. The molecule has 3 N–H and O–H groups in total. The van der Waals surface area contributed by atoms with E-state index in [1.54, 1.807) is 0 Å². The number of para-hydroxylation sites is 1. The van der Waals surface area contributed by atoms with E-state index in [4.69, 9.17) is 0 Å². The number of carbonyl (C=O) groups excluding carboxylic acids is 1. The Labute approximate surface area is 175 Å². The monoisotopic (exact) mass is 396 g/mol. The quantitative estimate of drug-likeness (QED) is 0.566. The zero-order valence-electron chi connectivity index (χ0n) is 18.6. The second kappa shape index (κ2) is 6.60. The first kappa shape index (κ1) is 20.5. The molecule has 4 nitrogen and oxygen atoms in total. The molecular formula is C25H36N2O2. The van der Waals surface area contributed by atoms with Gasteiger partial charge in [-0.1, -0.05) is 58.4 Å². The van der Waals surface area contributed by atoms with Gasteiger partial charge in [0.2, 0.25) is 0 Å². The number of amides is 2. The third-order valence-corrected chi connectivity index (χ3v) is 7.05. The summed E-state index contributed by atoms with van der Waals surface area (Å²) in [5.41, 5.74) is 2.82. The zero-order valence-corrected chi connectivity index (χ0v) is 18.6. The fourth-order valence-electron chi connectivity index (χ4n) is 7.10. The Kier molecular flexibility index (Phi) is 4.65. The van der Waals surface area contributed by atoms with E-state index in [1.807, 2.05) is 30.3 Å². The second-order valence-corrected chi connectivity index (χ2v) is 11.8. The molecule has 0 aliphatic heterocycles. The predicted molar refractivity (Wildman–Crippen MR) is 118 cm³/mol. The Morgan fingerprint density at radius 3 is 2.34 bits per heavy atom. The standard InChI is InChI=1S/C25H36N2O2/c1-22(2)11-17-12-24(5)14-23(3,4)15-25(29,16-24)20(17)19(13-22)27-21(28)26-18-9-7-6-8-10-18/h6-10,19,29H,11-16H2,1-5H3,(H2,26,27,28). The highest BCUT2D eigenvalue weighted by Crippen LogP contribution is 2.62. The van der Waals surface area contributed by atoms with Crippen LogP contribution in [0.2, 0.25) is 0 Å². The molecule has 4 heteroatoms. The Bertz CT molecular complexity index is 842. The molecule has 3 aliphatic carbocycles. The number of urea groups is 1. The molecule has 0 spiro atoms. The topological polar surface area (TPSA) is 61.4 Å². The summed E-state index contributed by atoms with van der Waals surface area (Å²) in [4.78, 5) is 12.8. The van der Waals surface area contributed by atoms with E-state index in [0.29, 0.717) is 0 Å². The van der Waals surface area contributed by atoms with E-state index in [-0.39, 0.29) is 28.3 Å². The number of carbonyl (C=O) groups is 1. The third-order valence-electron chi connectivity index (χ3n) is 7.05. The van der Waals surface area contributed by atoms with Crippen molar-refractivity contribution in [3.05, 3.63) is 41.5 Å². The number of hydrogen-bond acceptors (Lipinski definition) is 2. The lowest BCUT2D eigenvalue weighted by Gasteiger charge is -2.59. The maximum Gasteiger partial charge on any atom is 0.319 e. The fourth-order valence-corrected chi connectivity index (χ4v) is 7.10. The molecule has 0 saturated heterocycles. The van der Waals surface area contributed by atoms with Crippen molar-refractivity contribution in [3.63, 3.8) is 0 Å². The zero-order chi connectivity index (χ0) is 21.1. The van der Waals surface area contributed by atoms with Crippen LogP contribution in [0.3, 0.4) is 0 Å². The summed E-state index contributed by atoms with van der Waals surface area (Å²) in [7, 11) is 0. The van der Waals surface area contributed by atoms with Gasteiger partial charge < -0.3 is 15.7 Å². The lowest BCUT2D eigenvalue weighted by molar-refractivity contribution is -0.0855. The summed E-state index contributed by atoms with van der Waals surface area (Å²) in [6, 6.07) is 9.21. The van der Waals surface area contributed by atoms with Crippen molar-refractivity contribution in [2.45, 2.75) is 84.8 Å². The highest BCUT2D eigenvalue weighted by atomic mass is 16.3. The van der Waals surface area contributed by atoms with Gasteiger partial charge in [0, 0.05) is 5.69 Å². The number of benzene rings is 1. The van der Waals surface area contributed by atoms with Gasteiger partial charge in [-0.3, -0.25) is 0 Å². The van der Waals surface area contributed by atoms with Crippen LogP contribution < -0.4 is 10.6 Å². The van der Waals surface area contributed by atoms with Gasteiger partial charge in [-0.2, -0.15) is 0 Å². The third kappa shape index (κ3) is 4.09. The number of nitrogens with one attached hydrogen (secondary N) is 2. The molecule has 0 heterocycles. The van der Waals surface area contributed by atoms with Crippen LogP contribution >= 0.6 is 0 Å². The summed E-state index contributed by atoms with van der Waals surface area (Å²) >= 11 is 0. The Balaban J connectivity index is 1.65. The average molecular weight is 397 g/mol. The molecule has 0 radical (unpaired) electrons. The van der Waals surface area contributed by atoms with Gasteiger partial charge in [0.05, 0.1) is 11.6 Å². The number of aliphatic hydroxyl groups is 1. The Hall–Kier alpha value is -1.81. The Morgan fingerprint density at radius 1 is 0.966 bits per heavy atom. The molecular weight excluding hydrogens is 360 g/mol. The number of anilines is 1. The SMILES string of the molecule is CC1(C)CC2=C(C(NC(=O)Nc3ccccc3)C1)C1(O)CC(C)(C)CC(C)(C2)C1. The summed E-state index contributed by atoms with van der Waals surface area (Å²) in [5, 5.41) is 18.1. The lowest BCUT2D eigenvalue weighted by atomic mass is 9.49. The molecule has 3 aliphatic rings. The van der Waals surface area contributed by atoms with Crippen molar-refractivity contribution < 1.29 is 9.90 Å². The van der Waals surface area contributed by atoms with E-state index in [2.05, 4.69) is 45.3 Å². The Morgan fingerprint density at radius 2 is 1.66 bits per heavy atom. The van der Waals surface area contributed by atoms with Crippen LogP contribution in [-0.2, 0) is 0 Å². The first-order chi connectivity index (χ1) is 13.4. The van der Waals surface area contributed by atoms with Crippen molar-refractivity contribution in [1.82, 2.24) is 5.32 Å². The number of hydrogen-bond donors (Lipinski definition) is 3. The molecule has 2 bridgehead atoms. The smallest absolute Gasteiger partial charge is 0.319 e. The van der Waals surface area contributed by atoms with Gasteiger partial charge in [-0.05, 0) is 72.5 Å². The van der Waals surface area contributed by atoms with Gasteiger partial charge in [0.1, 0.15) is 0 Å². The van der Waals surface area contributed by atoms with Crippen molar-refractivity contribution in [1.29, 1.82) is 0 Å². The summed E-state index contributed by atoms with van der Waals surface area (Å²) < 4.78 is 0. The van der Waals surface area contributed by atoms with Crippen LogP contribution in [0, 0.1) is 16.2 Å². The maximum absolute atomic E-state index is 12.8. The highest BCUT2D eigenvalue weighted by molar-refractivity contribution is 5.89. The molecule has 1 fully saturated rings. The molecule has 158 valence electrons. The lowest BCUT2D eigenvalue weighted by Crippen LogP contribution is -2.58. The predicted octanol–water partition coefficient (Wildman–Crippen LogP) is 5.64. The molecule has 4 rings (SSSR count). The van der Waals surface area contributed by atoms with E-state index in [9.17, 15) is 9.90 Å². The first-order valence-electron chi connectivity index (χ1n) is 11.0. The first-order valence-corrected chi connectivity index (χ1v) is 11.0. The molecule has 3 atom stereocenters. The van der Waals surface area contributed by atoms with Crippen LogP contribution in [0.4, 0.5) is 10.5 Å². The van der Waals surface area contributed by atoms with Gasteiger partial charge in [-0.25, -0.2) is 4.79 Å². The minimum Gasteiger partial charge on any atom is -0.385 e. The van der Waals surface area contributed by atoms with E-state index in [1.165, 1.54) is 5.57 Å². The summed E-state index contributed by atoms with van der Waals surface area (Å²) in [6.07, 6.45) is 5.63. The average Bonchev–Trinajstić information content (AvgIpc) is 2.49. The number of allylic oxidation sites excluding steroid dienone is 1. The van der Waals surface area contributed by atoms with Crippen molar-refractivity contribution >= 4 is 11.7 Å². The van der Waals surface area contributed by atoms with E-state index >= 15 is 0 Å². The van der Waals surface area contributed by atoms with E-state index < -0.39 is 5.60 Å². The van der Waals surface area contributed by atoms with Crippen LogP contribution in [0.15, 0.2) is 41.5 Å². The maximum atomic E-state index is 12.8. The molecule has 2 amide bonds. The molecule has 1 aromatic rings. The summed E-state index contributed by atoms with van der Waals surface area (Å²) in [6.45, 7) is 11.5. The van der Waals surface area contributed by atoms with Crippen LogP contribution in [0.5, 0.6) is 0 Å².